The van der Waals surface area contributed by atoms with Crippen molar-refractivity contribution in [3.63, 3.8) is 0 Å². The Morgan fingerprint density at radius 3 is 2.52 bits per heavy atom. The third kappa shape index (κ3) is 3.68. The molecule has 0 aliphatic rings. The summed E-state index contributed by atoms with van der Waals surface area (Å²) in [6.45, 7) is -0.145. The van der Waals surface area contributed by atoms with Crippen LogP contribution in [0, 0.1) is 17.0 Å². The first kappa shape index (κ1) is 14.8. The fourth-order valence-corrected chi connectivity index (χ4v) is 1.74. The zero-order valence-electron chi connectivity index (χ0n) is 11.3. The lowest BCUT2D eigenvalue weighted by Gasteiger charge is -2.11. The predicted molar refractivity (Wildman–Crippen MR) is 74.7 cm³/mol. The Kier molecular flexibility index (Phi) is 4.37. The van der Waals surface area contributed by atoms with Gasteiger partial charge in [0, 0.05) is 17.2 Å². The van der Waals surface area contributed by atoms with Gasteiger partial charge in [0.2, 0.25) is 0 Å². The van der Waals surface area contributed by atoms with E-state index in [-0.39, 0.29) is 18.0 Å². The Bertz CT molecular complexity index is 675. The molecule has 0 fully saturated rings. The van der Waals surface area contributed by atoms with Crippen molar-refractivity contribution in [1.29, 1.82) is 5.41 Å². The molecule has 0 unspecified atom stereocenters. The van der Waals surface area contributed by atoms with Crippen molar-refractivity contribution in [3.8, 4) is 11.5 Å². The summed E-state index contributed by atoms with van der Waals surface area (Å²) < 4.78 is 37.1. The molecule has 0 saturated carbocycles. The minimum absolute atomic E-state index is 0.0993. The zero-order chi connectivity index (χ0) is 15.4. The lowest BCUT2D eigenvalue weighted by Crippen LogP contribution is -2.11. The standard InChI is InChI=1S/C15H14F2N2O2/c1-20-12-5-9(15(18)19)6-13(7-12)21-8-10-4-11(16)2-3-14(10)17/h2-7H,8H2,1H3,(H3,18,19). The summed E-state index contributed by atoms with van der Waals surface area (Å²) in [6, 6.07) is 7.84. The number of nitrogens with two attached hydrogens (primary N) is 1. The van der Waals surface area contributed by atoms with Crippen molar-refractivity contribution >= 4 is 5.84 Å². The van der Waals surface area contributed by atoms with Gasteiger partial charge in [-0.2, -0.15) is 0 Å². The molecule has 0 heterocycles. The van der Waals surface area contributed by atoms with Gasteiger partial charge in [-0.3, -0.25) is 5.41 Å². The molecule has 0 amide bonds. The number of nitrogen functional groups attached to an aromatic ring is 1. The van der Waals surface area contributed by atoms with Gasteiger partial charge in [-0.05, 0) is 30.3 Å². The molecule has 2 aromatic rings. The lowest BCUT2D eigenvalue weighted by molar-refractivity contribution is 0.296. The van der Waals surface area contributed by atoms with Crippen molar-refractivity contribution in [2.45, 2.75) is 6.61 Å². The number of ether oxygens (including phenoxy) is 2. The van der Waals surface area contributed by atoms with E-state index in [1.54, 1.807) is 12.1 Å². The quantitative estimate of drug-likeness (QED) is 0.657. The maximum atomic E-state index is 13.5. The zero-order valence-corrected chi connectivity index (χ0v) is 11.3. The van der Waals surface area contributed by atoms with Crippen molar-refractivity contribution in [1.82, 2.24) is 0 Å². The summed E-state index contributed by atoms with van der Waals surface area (Å²) in [5.41, 5.74) is 5.94. The second-order valence-electron chi connectivity index (χ2n) is 4.34. The van der Waals surface area contributed by atoms with E-state index in [0.717, 1.165) is 18.2 Å². The summed E-state index contributed by atoms with van der Waals surface area (Å²) >= 11 is 0. The minimum Gasteiger partial charge on any atom is -0.497 e. The topological polar surface area (TPSA) is 68.3 Å². The SMILES string of the molecule is COc1cc(OCc2cc(F)ccc2F)cc(C(=N)N)c1. The van der Waals surface area contributed by atoms with Gasteiger partial charge in [0.25, 0.3) is 0 Å². The Morgan fingerprint density at radius 1 is 1.14 bits per heavy atom. The molecule has 6 heteroatoms. The van der Waals surface area contributed by atoms with E-state index < -0.39 is 11.6 Å². The average molecular weight is 292 g/mol. The predicted octanol–water partition coefficient (Wildman–Crippen LogP) is 2.84. The second kappa shape index (κ2) is 6.21. The van der Waals surface area contributed by atoms with Gasteiger partial charge in [0.15, 0.2) is 0 Å². The Hall–Kier alpha value is -2.63. The molecule has 0 saturated heterocycles. The number of hydrogen-bond donors (Lipinski definition) is 2. The normalized spacial score (nSPS) is 10.2. The third-order valence-electron chi connectivity index (χ3n) is 2.83. The molecule has 2 aromatic carbocycles. The summed E-state index contributed by atoms with van der Waals surface area (Å²) in [5.74, 6) is -0.424. The van der Waals surface area contributed by atoms with Crippen molar-refractivity contribution in [2.75, 3.05) is 7.11 Å². The molecule has 110 valence electrons. The first-order valence-electron chi connectivity index (χ1n) is 6.10. The molecule has 21 heavy (non-hydrogen) atoms. The summed E-state index contributed by atoms with van der Waals surface area (Å²) in [4.78, 5) is 0. The van der Waals surface area contributed by atoms with Gasteiger partial charge in [-0.1, -0.05) is 0 Å². The van der Waals surface area contributed by atoms with Crippen molar-refractivity contribution < 1.29 is 18.3 Å². The van der Waals surface area contributed by atoms with E-state index in [9.17, 15) is 8.78 Å². The molecule has 0 spiro atoms. The molecule has 2 rings (SSSR count). The van der Waals surface area contributed by atoms with Gasteiger partial charge in [0.05, 0.1) is 7.11 Å². The van der Waals surface area contributed by atoms with Crippen LogP contribution in [0.3, 0.4) is 0 Å². The van der Waals surface area contributed by atoms with Crippen LogP contribution in [-0.2, 0) is 6.61 Å². The third-order valence-corrected chi connectivity index (χ3v) is 2.83. The molecule has 0 aromatic heterocycles. The Labute approximate surface area is 120 Å². The van der Waals surface area contributed by atoms with Gasteiger partial charge in [-0.15, -0.1) is 0 Å². The fourth-order valence-electron chi connectivity index (χ4n) is 1.74. The van der Waals surface area contributed by atoms with E-state index >= 15 is 0 Å². The number of halogens is 2. The first-order valence-corrected chi connectivity index (χ1v) is 6.10. The molecular weight excluding hydrogens is 278 g/mol. The monoisotopic (exact) mass is 292 g/mol. The van der Waals surface area contributed by atoms with Crippen LogP contribution in [0.2, 0.25) is 0 Å². The molecule has 0 radical (unpaired) electrons. The Morgan fingerprint density at radius 2 is 1.86 bits per heavy atom. The van der Waals surface area contributed by atoms with E-state index in [1.807, 2.05) is 0 Å². The van der Waals surface area contributed by atoms with Crippen LogP contribution in [0.1, 0.15) is 11.1 Å². The summed E-state index contributed by atoms with van der Waals surface area (Å²) in [7, 11) is 1.47. The number of hydrogen-bond acceptors (Lipinski definition) is 3. The fraction of sp³-hybridized carbons (Fsp3) is 0.133. The number of amidine groups is 1. The van der Waals surface area contributed by atoms with Gasteiger partial charge < -0.3 is 15.2 Å². The smallest absolute Gasteiger partial charge is 0.130 e. The van der Waals surface area contributed by atoms with E-state index in [1.165, 1.54) is 13.2 Å². The number of methoxy groups -OCH3 is 1. The summed E-state index contributed by atoms with van der Waals surface area (Å²) in [6.07, 6.45) is 0. The van der Waals surface area contributed by atoms with Gasteiger partial charge >= 0.3 is 0 Å². The van der Waals surface area contributed by atoms with Crippen LogP contribution in [0.15, 0.2) is 36.4 Å². The average Bonchev–Trinajstić information content (AvgIpc) is 2.47. The molecule has 3 N–H and O–H groups in total. The van der Waals surface area contributed by atoms with Crippen molar-refractivity contribution in [2.24, 2.45) is 5.73 Å². The minimum atomic E-state index is -0.550. The van der Waals surface area contributed by atoms with Crippen LogP contribution in [0.25, 0.3) is 0 Å². The lowest BCUT2D eigenvalue weighted by atomic mass is 10.2. The van der Waals surface area contributed by atoms with Crippen LogP contribution in [0.4, 0.5) is 8.78 Å². The van der Waals surface area contributed by atoms with Crippen LogP contribution < -0.4 is 15.2 Å². The van der Waals surface area contributed by atoms with E-state index in [4.69, 9.17) is 20.6 Å². The molecule has 0 aliphatic heterocycles. The van der Waals surface area contributed by atoms with Gasteiger partial charge in [-0.25, -0.2) is 8.78 Å². The van der Waals surface area contributed by atoms with E-state index in [2.05, 4.69) is 0 Å². The highest BCUT2D eigenvalue weighted by Crippen LogP contribution is 2.24. The first-order chi connectivity index (χ1) is 9.99. The number of rotatable bonds is 5. The molecule has 4 nitrogen and oxygen atoms in total. The second-order valence-corrected chi connectivity index (χ2v) is 4.34. The highest BCUT2D eigenvalue weighted by atomic mass is 19.1. The Balaban J connectivity index is 2.21. The molecular formula is C15H14F2N2O2. The van der Waals surface area contributed by atoms with Gasteiger partial charge in [0.1, 0.15) is 35.6 Å². The largest absolute Gasteiger partial charge is 0.497 e. The maximum absolute atomic E-state index is 13.5. The van der Waals surface area contributed by atoms with Crippen molar-refractivity contribution in [3.05, 3.63) is 59.2 Å². The number of nitrogens with one attached hydrogen (secondary N) is 1. The molecule has 0 atom stereocenters. The van der Waals surface area contributed by atoms with E-state index in [0.29, 0.717) is 17.1 Å². The highest BCUT2D eigenvalue weighted by Gasteiger charge is 2.08. The van der Waals surface area contributed by atoms with Crippen LogP contribution in [0.5, 0.6) is 11.5 Å². The maximum Gasteiger partial charge on any atom is 0.130 e. The molecule has 0 aliphatic carbocycles. The van der Waals surface area contributed by atoms with Crippen LogP contribution in [-0.4, -0.2) is 12.9 Å². The molecule has 0 bridgehead atoms. The highest BCUT2D eigenvalue weighted by molar-refractivity contribution is 5.95. The van der Waals surface area contributed by atoms with Crippen LogP contribution >= 0.6 is 0 Å². The number of benzene rings is 2. The summed E-state index contributed by atoms with van der Waals surface area (Å²) in [5, 5.41) is 7.42.